The highest BCUT2D eigenvalue weighted by atomic mass is 15.1. The van der Waals surface area contributed by atoms with Crippen molar-refractivity contribution in [3.63, 3.8) is 0 Å². The van der Waals surface area contributed by atoms with Gasteiger partial charge in [0.15, 0.2) is 0 Å². The molecule has 0 aromatic rings. The van der Waals surface area contributed by atoms with E-state index in [-0.39, 0.29) is 0 Å². The monoisotopic (exact) mass is 200 g/mol. The molecule has 14 heavy (non-hydrogen) atoms. The summed E-state index contributed by atoms with van der Waals surface area (Å²) in [5.74, 6) is 0. The molecule has 86 valence electrons. The molecule has 0 aromatic heterocycles. The third-order valence-corrected chi connectivity index (χ3v) is 2.63. The first-order chi connectivity index (χ1) is 6.74. The molecule has 0 aliphatic carbocycles. The number of nitrogens with zero attached hydrogens (tertiary/aromatic N) is 1. The third kappa shape index (κ3) is 7.34. The van der Waals surface area contributed by atoms with Crippen molar-refractivity contribution in [2.24, 2.45) is 0 Å². The van der Waals surface area contributed by atoms with Gasteiger partial charge in [-0.3, -0.25) is 0 Å². The quantitative estimate of drug-likeness (QED) is 0.615. The predicted octanol–water partition coefficient (Wildman–Crippen LogP) is 2.50. The highest BCUT2D eigenvalue weighted by Crippen LogP contribution is 1.95. The molecular formula is C12H28N2. The lowest BCUT2D eigenvalue weighted by Crippen LogP contribution is -2.36. The van der Waals surface area contributed by atoms with E-state index in [0.29, 0.717) is 6.04 Å². The van der Waals surface area contributed by atoms with Gasteiger partial charge in [-0.15, -0.1) is 0 Å². The van der Waals surface area contributed by atoms with Gasteiger partial charge in [0.25, 0.3) is 0 Å². The molecule has 0 aliphatic heterocycles. The van der Waals surface area contributed by atoms with Crippen LogP contribution < -0.4 is 5.32 Å². The van der Waals surface area contributed by atoms with Gasteiger partial charge >= 0.3 is 0 Å². The first kappa shape index (κ1) is 13.9. The van der Waals surface area contributed by atoms with Crippen LogP contribution in [0.2, 0.25) is 0 Å². The van der Waals surface area contributed by atoms with Crippen LogP contribution in [0, 0.1) is 0 Å². The fraction of sp³-hybridized carbons (Fsp3) is 1.00. The van der Waals surface area contributed by atoms with Crippen molar-refractivity contribution < 1.29 is 0 Å². The Bertz CT molecular complexity index is 115. The Kier molecular flexibility index (Phi) is 9.42. The van der Waals surface area contributed by atoms with E-state index < -0.39 is 0 Å². The average Bonchev–Trinajstić information content (AvgIpc) is 2.17. The van der Waals surface area contributed by atoms with Crippen molar-refractivity contribution >= 4 is 0 Å². The van der Waals surface area contributed by atoms with Crippen LogP contribution in [-0.4, -0.2) is 37.1 Å². The summed E-state index contributed by atoms with van der Waals surface area (Å²) < 4.78 is 0. The Labute approximate surface area is 90.1 Å². The van der Waals surface area contributed by atoms with Crippen LogP contribution in [0.15, 0.2) is 0 Å². The fourth-order valence-electron chi connectivity index (χ4n) is 1.75. The Hall–Kier alpha value is -0.0800. The van der Waals surface area contributed by atoms with Crippen molar-refractivity contribution in [2.45, 2.75) is 53.0 Å². The van der Waals surface area contributed by atoms with Crippen LogP contribution >= 0.6 is 0 Å². The normalized spacial score (nSPS) is 13.5. The maximum atomic E-state index is 3.57. The molecular weight excluding hydrogens is 172 g/mol. The average molecular weight is 200 g/mol. The predicted molar refractivity (Wildman–Crippen MR) is 64.8 cm³/mol. The van der Waals surface area contributed by atoms with Crippen molar-refractivity contribution in [3.05, 3.63) is 0 Å². The molecule has 0 fully saturated rings. The van der Waals surface area contributed by atoms with Crippen molar-refractivity contribution in [1.29, 1.82) is 0 Å². The standard InChI is InChI=1S/C12H28N2/c1-5-8-12(4)13-9-11-14(7-3)10-6-2/h12-13H,5-11H2,1-4H3. The molecule has 0 amide bonds. The molecule has 1 atom stereocenters. The molecule has 1 unspecified atom stereocenters. The van der Waals surface area contributed by atoms with E-state index in [0.717, 1.165) is 6.54 Å². The van der Waals surface area contributed by atoms with E-state index in [2.05, 4.69) is 37.9 Å². The number of rotatable bonds is 9. The second-order valence-corrected chi connectivity index (χ2v) is 4.08. The van der Waals surface area contributed by atoms with Gasteiger partial charge in [-0.2, -0.15) is 0 Å². The summed E-state index contributed by atoms with van der Waals surface area (Å²) >= 11 is 0. The van der Waals surface area contributed by atoms with Crippen molar-refractivity contribution in [3.8, 4) is 0 Å². The number of nitrogens with one attached hydrogen (secondary N) is 1. The van der Waals surface area contributed by atoms with Crippen molar-refractivity contribution in [1.82, 2.24) is 10.2 Å². The minimum atomic E-state index is 0.681. The lowest BCUT2D eigenvalue weighted by Gasteiger charge is -2.21. The topological polar surface area (TPSA) is 15.3 Å². The number of likely N-dealkylation sites (N-methyl/N-ethyl adjacent to an activating group) is 1. The molecule has 0 rings (SSSR count). The first-order valence-corrected chi connectivity index (χ1v) is 6.20. The molecule has 0 aromatic carbocycles. The lowest BCUT2D eigenvalue weighted by molar-refractivity contribution is 0.282. The maximum absolute atomic E-state index is 3.57. The molecule has 0 saturated carbocycles. The van der Waals surface area contributed by atoms with Crippen LogP contribution in [0.3, 0.4) is 0 Å². The summed E-state index contributed by atoms with van der Waals surface area (Å²) in [6.45, 7) is 13.7. The summed E-state index contributed by atoms with van der Waals surface area (Å²) in [5.41, 5.74) is 0. The second-order valence-electron chi connectivity index (χ2n) is 4.08. The zero-order chi connectivity index (χ0) is 10.8. The lowest BCUT2D eigenvalue weighted by atomic mass is 10.2. The summed E-state index contributed by atoms with van der Waals surface area (Å²) in [6, 6.07) is 0.681. The van der Waals surface area contributed by atoms with Crippen LogP contribution in [0.4, 0.5) is 0 Å². The highest BCUT2D eigenvalue weighted by Gasteiger charge is 2.02. The molecule has 0 aliphatic rings. The van der Waals surface area contributed by atoms with Gasteiger partial charge in [-0.1, -0.05) is 27.2 Å². The minimum absolute atomic E-state index is 0.681. The fourth-order valence-corrected chi connectivity index (χ4v) is 1.75. The number of hydrogen-bond acceptors (Lipinski definition) is 2. The molecule has 0 spiro atoms. The zero-order valence-electron chi connectivity index (χ0n) is 10.5. The summed E-state index contributed by atoms with van der Waals surface area (Å²) in [6.07, 6.45) is 3.83. The van der Waals surface area contributed by atoms with Gasteiger partial charge in [0.1, 0.15) is 0 Å². The van der Waals surface area contributed by atoms with E-state index in [9.17, 15) is 0 Å². The van der Waals surface area contributed by atoms with Gasteiger partial charge in [0.05, 0.1) is 0 Å². The van der Waals surface area contributed by atoms with Crippen LogP contribution in [0.25, 0.3) is 0 Å². The smallest absolute Gasteiger partial charge is 0.0107 e. The van der Waals surface area contributed by atoms with Crippen LogP contribution in [0.5, 0.6) is 0 Å². The summed E-state index contributed by atoms with van der Waals surface area (Å²) in [5, 5.41) is 3.57. The Morgan fingerprint density at radius 2 is 1.79 bits per heavy atom. The van der Waals surface area contributed by atoms with Gasteiger partial charge in [0, 0.05) is 19.1 Å². The molecule has 0 heterocycles. The molecule has 0 saturated heterocycles. The Morgan fingerprint density at radius 1 is 1.07 bits per heavy atom. The molecule has 2 nitrogen and oxygen atoms in total. The van der Waals surface area contributed by atoms with E-state index in [1.165, 1.54) is 38.9 Å². The van der Waals surface area contributed by atoms with Gasteiger partial charge in [-0.25, -0.2) is 0 Å². The maximum Gasteiger partial charge on any atom is 0.0107 e. The molecule has 0 bridgehead atoms. The van der Waals surface area contributed by atoms with E-state index in [4.69, 9.17) is 0 Å². The largest absolute Gasteiger partial charge is 0.313 e. The Morgan fingerprint density at radius 3 is 2.29 bits per heavy atom. The van der Waals surface area contributed by atoms with E-state index in [1.54, 1.807) is 0 Å². The Balaban J connectivity index is 3.40. The first-order valence-electron chi connectivity index (χ1n) is 6.20. The summed E-state index contributed by atoms with van der Waals surface area (Å²) in [7, 11) is 0. The molecule has 1 N–H and O–H groups in total. The van der Waals surface area contributed by atoms with Gasteiger partial charge < -0.3 is 10.2 Å². The van der Waals surface area contributed by atoms with Crippen molar-refractivity contribution in [2.75, 3.05) is 26.2 Å². The SMILES string of the molecule is CCCC(C)NCCN(CC)CCC. The molecule has 2 heteroatoms. The molecule has 0 radical (unpaired) electrons. The minimum Gasteiger partial charge on any atom is -0.313 e. The second kappa shape index (κ2) is 9.47. The van der Waals surface area contributed by atoms with Crippen LogP contribution in [0.1, 0.15) is 47.0 Å². The zero-order valence-corrected chi connectivity index (χ0v) is 10.5. The van der Waals surface area contributed by atoms with E-state index >= 15 is 0 Å². The van der Waals surface area contributed by atoms with Crippen LogP contribution in [-0.2, 0) is 0 Å². The van der Waals surface area contributed by atoms with E-state index in [1.807, 2.05) is 0 Å². The third-order valence-electron chi connectivity index (χ3n) is 2.63. The van der Waals surface area contributed by atoms with Gasteiger partial charge in [-0.05, 0) is 32.9 Å². The summed E-state index contributed by atoms with van der Waals surface area (Å²) in [4.78, 5) is 2.51. The number of hydrogen-bond donors (Lipinski definition) is 1. The highest BCUT2D eigenvalue weighted by molar-refractivity contribution is 4.62. The van der Waals surface area contributed by atoms with Gasteiger partial charge in [0.2, 0.25) is 0 Å².